The Morgan fingerprint density at radius 1 is 1.19 bits per heavy atom. The van der Waals surface area contributed by atoms with Gasteiger partial charge in [-0.1, -0.05) is 65.8 Å². The molecule has 0 saturated heterocycles. The van der Waals surface area contributed by atoms with Crippen LogP contribution in [-0.2, 0) is 4.79 Å². The molecule has 3 aromatic rings. The Labute approximate surface area is 160 Å². The lowest BCUT2D eigenvalue weighted by molar-refractivity contribution is -0.113. The first kappa shape index (κ1) is 18.2. The number of thioether (sulfide) groups is 1. The number of H-pyrrole nitrogens is 1. The van der Waals surface area contributed by atoms with Crippen molar-refractivity contribution >= 4 is 47.1 Å². The van der Waals surface area contributed by atoms with Crippen molar-refractivity contribution in [2.24, 2.45) is 0 Å². The summed E-state index contributed by atoms with van der Waals surface area (Å²) in [5, 5.41) is 11.0. The van der Waals surface area contributed by atoms with Crippen molar-refractivity contribution in [2.45, 2.75) is 12.1 Å². The molecule has 0 unspecified atom stereocenters. The van der Waals surface area contributed by atoms with E-state index < -0.39 is 0 Å². The first-order valence-electron chi connectivity index (χ1n) is 7.95. The summed E-state index contributed by atoms with van der Waals surface area (Å²) in [7, 11) is 0. The maximum absolute atomic E-state index is 12.1. The minimum absolute atomic E-state index is 0.133. The van der Waals surface area contributed by atoms with E-state index in [0.29, 0.717) is 21.7 Å². The Morgan fingerprint density at radius 3 is 2.81 bits per heavy atom. The normalized spacial score (nSPS) is 11.0. The molecule has 132 valence electrons. The Hall–Kier alpha value is -2.57. The molecule has 0 aliphatic rings. The molecule has 0 aliphatic heterocycles. The average Bonchev–Trinajstić information content (AvgIpc) is 3.11. The first-order valence-corrected chi connectivity index (χ1v) is 9.31. The third-order valence-electron chi connectivity index (χ3n) is 3.59. The fourth-order valence-corrected chi connectivity index (χ4v) is 2.98. The van der Waals surface area contributed by atoms with Crippen LogP contribution >= 0.6 is 23.4 Å². The zero-order valence-electron chi connectivity index (χ0n) is 14.1. The van der Waals surface area contributed by atoms with Crippen LogP contribution in [0.1, 0.15) is 17.0 Å². The molecule has 0 spiro atoms. The van der Waals surface area contributed by atoms with Gasteiger partial charge in [-0.05, 0) is 36.3 Å². The largest absolute Gasteiger partial charge is 0.325 e. The summed E-state index contributed by atoms with van der Waals surface area (Å²) in [6.07, 6.45) is 3.80. The molecule has 7 heteroatoms. The van der Waals surface area contributed by atoms with Gasteiger partial charge in [0.2, 0.25) is 11.1 Å². The predicted molar refractivity (Wildman–Crippen MR) is 107 cm³/mol. The van der Waals surface area contributed by atoms with E-state index in [9.17, 15) is 4.79 Å². The van der Waals surface area contributed by atoms with Crippen LogP contribution in [-0.4, -0.2) is 26.8 Å². The van der Waals surface area contributed by atoms with Crippen LogP contribution in [0.15, 0.2) is 53.7 Å². The predicted octanol–water partition coefficient (Wildman–Crippen LogP) is 4.67. The zero-order valence-corrected chi connectivity index (χ0v) is 15.6. The molecular formula is C19H17ClN4OS. The molecule has 0 atom stereocenters. The third-order valence-corrected chi connectivity index (χ3v) is 4.85. The van der Waals surface area contributed by atoms with Gasteiger partial charge in [0.15, 0.2) is 0 Å². The highest BCUT2D eigenvalue weighted by Gasteiger charge is 2.09. The van der Waals surface area contributed by atoms with Gasteiger partial charge in [0.1, 0.15) is 5.82 Å². The molecule has 2 aromatic carbocycles. The molecule has 2 N–H and O–H groups in total. The number of aromatic nitrogens is 3. The van der Waals surface area contributed by atoms with E-state index in [1.807, 2.05) is 55.5 Å². The topological polar surface area (TPSA) is 70.7 Å². The fourth-order valence-electron chi connectivity index (χ4n) is 2.20. The SMILES string of the molecule is Cc1c(Cl)cccc1NC(=O)CSc1n[nH]c(/C=C/c2ccccc2)n1. The molecule has 26 heavy (non-hydrogen) atoms. The second-order valence-electron chi connectivity index (χ2n) is 5.50. The minimum atomic E-state index is -0.133. The molecule has 0 saturated carbocycles. The van der Waals surface area contributed by atoms with Crippen molar-refractivity contribution in [1.82, 2.24) is 15.2 Å². The third kappa shape index (κ3) is 4.97. The summed E-state index contributed by atoms with van der Waals surface area (Å²) < 4.78 is 0. The number of rotatable bonds is 6. The van der Waals surface area contributed by atoms with Gasteiger partial charge < -0.3 is 5.32 Å². The number of carbonyl (C=O) groups is 1. The number of anilines is 1. The standard InChI is InChI=1S/C19H17ClN4OS/c1-13-15(20)8-5-9-16(13)21-18(25)12-26-19-22-17(23-24-19)11-10-14-6-3-2-4-7-14/h2-11H,12H2,1H3,(H,21,25)(H,22,23,24)/b11-10+. The van der Waals surface area contributed by atoms with Crippen molar-refractivity contribution in [2.75, 3.05) is 11.1 Å². The van der Waals surface area contributed by atoms with Crippen molar-refractivity contribution in [1.29, 1.82) is 0 Å². The lowest BCUT2D eigenvalue weighted by Crippen LogP contribution is -2.15. The van der Waals surface area contributed by atoms with Crippen molar-refractivity contribution < 1.29 is 4.79 Å². The highest BCUT2D eigenvalue weighted by atomic mass is 35.5. The first-order chi connectivity index (χ1) is 12.6. The number of nitrogens with zero attached hydrogens (tertiary/aromatic N) is 2. The molecule has 0 aliphatic carbocycles. The van der Waals surface area contributed by atoms with Crippen LogP contribution in [0, 0.1) is 6.92 Å². The van der Waals surface area contributed by atoms with Gasteiger partial charge in [-0.25, -0.2) is 4.98 Å². The van der Waals surface area contributed by atoms with Gasteiger partial charge in [0.05, 0.1) is 5.75 Å². The molecule has 0 fully saturated rings. The summed E-state index contributed by atoms with van der Waals surface area (Å²) in [4.78, 5) is 16.5. The molecule has 0 bridgehead atoms. The van der Waals surface area contributed by atoms with Crippen molar-refractivity contribution in [3.63, 3.8) is 0 Å². The summed E-state index contributed by atoms with van der Waals surface area (Å²) in [5.74, 6) is 0.722. The lowest BCUT2D eigenvalue weighted by atomic mass is 10.2. The Kier molecular flexibility index (Phi) is 6.09. The molecule has 3 rings (SSSR count). The van der Waals surface area contributed by atoms with E-state index in [1.165, 1.54) is 11.8 Å². The summed E-state index contributed by atoms with van der Waals surface area (Å²) in [5.41, 5.74) is 2.64. The van der Waals surface area contributed by atoms with E-state index >= 15 is 0 Å². The number of carbonyl (C=O) groups excluding carboxylic acids is 1. The van der Waals surface area contributed by atoms with Crippen LogP contribution < -0.4 is 5.32 Å². The highest BCUT2D eigenvalue weighted by Crippen LogP contribution is 2.23. The molecule has 1 aromatic heterocycles. The maximum Gasteiger partial charge on any atom is 0.234 e. The molecule has 1 amide bonds. The summed E-state index contributed by atoms with van der Waals surface area (Å²) in [6, 6.07) is 15.3. The van der Waals surface area contributed by atoms with Crippen LogP contribution in [0.4, 0.5) is 5.69 Å². The van der Waals surface area contributed by atoms with Gasteiger partial charge in [0, 0.05) is 10.7 Å². The van der Waals surface area contributed by atoms with Crippen LogP contribution in [0.5, 0.6) is 0 Å². The van der Waals surface area contributed by atoms with Gasteiger partial charge in [-0.15, -0.1) is 5.10 Å². The lowest BCUT2D eigenvalue weighted by Gasteiger charge is -2.08. The van der Waals surface area contributed by atoms with Crippen molar-refractivity contribution in [3.05, 3.63) is 70.5 Å². The minimum Gasteiger partial charge on any atom is -0.325 e. The zero-order chi connectivity index (χ0) is 18.4. The molecule has 1 heterocycles. The van der Waals surface area contributed by atoms with Crippen LogP contribution in [0.25, 0.3) is 12.2 Å². The van der Waals surface area contributed by atoms with Crippen LogP contribution in [0.2, 0.25) is 5.02 Å². The van der Waals surface area contributed by atoms with E-state index in [-0.39, 0.29) is 11.7 Å². The van der Waals surface area contributed by atoms with Crippen molar-refractivity contribution in [3.8, 4) is 0 Å². The number of amides is 1. The summed E-state index contributed by atoms with van der Waals surface area (Å²) in [6.45, 7) is 1.87. The molecule has 5 nitrogen and oxygen atoms in total. The highest BCUT2D eigenvalue weighted by molar-refractivity contribution is 7.99. The summed E-state index contributed by atoms with van der Waals surface area (Å²) >= 11 is 7.33. The number of nitrogens with one attached hydrogen (secondary N) is 2. The fraction of sp³-hybridized carbons (Fsp3) is 0.105. The Bertz CT molecular complexity index is 924. The van der Waals surface area contributed by atoms with Gasteiger partial charge in [0.25, 0.3) is 0 Å². The quantitative estimate of drug-likeness (QED) is 0.606. The second-order valence-corrected chi connectivity index (χ2v) is 6.85. The Morgan fingerprint density at radius 2 is 2.00 bits per heavy atom. The number of halogens is 1. The van der Waals surface area contributed by atoms with E-state index in [0.717, 1.165) is 11.1 Å². The van der Waals surface area contributed by atoms with Gasteiger partial charge in [-0.3, -0.25) is 9.89 Å². The monoisotopic (exact) mass is 384 g/mol. The Balaban J connectivity index is 1.54. The number of aromatic amines is 1. The number of hydrogen-bond acceptors (Lipinski definition) is 4. The molecular weight excluding hydrogens is 368 g/mol. The average molecular weight is 385 g/mol. The number of benzene rings is 2. The van der Waals surface area contributed by atoms with Gasteiger partial charge >= 0.3 is 0 Å². The second kappa shape index (κ2) is 8.69. The maximum atomic E-state index is 12.1. The van der Waals surface area contributed by atoms with E-state index in [2.05, 4.69) is 20.5 Å². The smallest absolute Gasteiger partial charge is 0.234 e. The van der Waals surface area contributed by atoms with E-state index in [1.54, 1.807) is 12.1 Å². The van der Waals surface area contributed by atoms with E-state index in [4.69, 9.17) is 11.6 Å². The van der Waals surface area contributed by atoms with Crippen LogP contribution in [0.3, 0.4) is 0 Å². The number of hydrogen-bond donors (Lipinski definition) is 2. The molecule has 0 radical (unpaired) electrons. The van der Waals surface area contributed by atoms with Gasteiger partial charge in [-0.2, -0.15) is 0 Å².